The Morgan fingerprint density at radius 1 is 0.667 bits per heavy atom. The summed E-state index contributed by atoms with van der Waals surface area (Å²) >= 11 is 0. The molecule has 0 aromatic carbocycles. The van der Waals surface area contributed by atoms with Gasteiger partial charge in [-0.2, -0.15) is 0 Å². The number of hydrogen-bond donors (Lipinski definition) is 3. The van der Waals surface area contributed by atoms with Crippen molar-refractivity contribution in [2.75, 3.05) is 27.7 Å². The summed E-state index contributed by atoms with van der Waals surface area (Å²) in [7, 11) is 0.984. The summed E-state index contributed by atoms with van der Waals surface area (Å²) in [5.74, 6) is 0. The highest BCUT2D eigenvalue weighted by Crippen LogP contribution is 2.52. The minimum atomic E-state index is -4.54. The zero-order chi connectivity index (χ0) is 25.1. The first-order valence-corrected chi connectivity index (χ1v) is 15.4. The number of aliphatic hydroxyl groups is 1. The van der Waals surface area contributed by atoms with Crippen LogP contribution in [0, 0.1) is 0 Å². The standard InChI is InChI=1S/C27H56NO4P/c1-5-6-7-8-9-10-11-12-13-14-15-16-17-18-19-20-21-22-23-24-25-27(29,33(30,31)32)26-28(2,3)4/h11-12,29H,5-10,13-26H2,1-4H3,(H-,30,31,32)/p+1/b12-11-. The van der Waals surface area contributed by atoms with E-state index in [4.69, 9.17) is 0 Å². The van der Waals surface area contributed by atoms with Gasteiger partial charge >= 0.3 is 7.60 Å². The van der Waals surface area contributed by atoms with Crippen molar-refractivity contribution in [1.82, 2.24) is 0 Å². The van der Waals surface area contributed by atoms with Crippen LogP contribution in [0.3, 0.4) is 0 Å². The van der Waals surface area contributed by atoms with Gasteiger partial charge in [0.15, 0.2) is 0 Å². The van der Waals surface area contributed by atoms with E-state index in [-0.39, 0.29) is 13.0 Å². The minimum absolute atomic E-state index is 0.0622. The van der Waals surface area contributed by atoms with Crippen molar-refractivity contribution in [2.24, 2.45) is 0 Å². The molecule has 0 heterocycles. The molecule has 6 heteroatoms. The first-order valence-electron chi connectivity index (χ1n) is 13.8. The van der Waals surface area contributed by atoms with Gasteiger partial charge in [0.1, 0.15) is 6.54 Å². The van der Waals surface area contributed by atoms with E-state index >= 15 is 0 Å². The Morgan fingerprint density at radius 3 is 1.39 bits per heavy atom. The number of quaternary nitrogens is 1. The highest BCUT2D eigenvalue weighted by molar-refractivity contribution is 7.53. The van der Waals surface area contributed by atoms with Crippen molar-refractivity contribution in [1.29, 1.82) is 0 Å². The van der Waals surface area contributed by atoms with E-state index in [1.54, 1.807) is 0 Å². The molecule has 0 spiro atoms. The average Bonchev–Trinajstić information content (AvgIpc) is 2.70. The van der Waals surface area contributed by atoms with Gasteiger partial charge in [-0.05, 0) is 38.5 Å². The largest absolute Gasteiger partial charge is 0.373 e. The predicted octanol–water partition coefficient (Wildman–Crippen LogP) is 7.55. The number of likely N-dealkylation sites (N-methyl/N-ethyl adjacent to an activating group) is 1. The molecule has 1 atom stereocenters. The zero-order valence-electron chi connectivity index (χ0n) is 22.4. The molecule has 0 fully saturated rings. The van der Waals surface area contributed by atoms with E-state index in [2.05, 4.69) is 19.1 Å². The zero-order valence-corrected chi connectivity index (χ0v) is 23.3. The molecule has 33 heavy (non-hydrogen) atoms. The normalized spacial score (nSPS) is 14.8. The van der Waals surface area contributed by atoms with Crippen LogP contribution in [-0.2, 0) is 4.57 Å². The third kappa shape index (κ3) is 19.8. The van der Waals surface area contributed by atoms with Gasteiger partial charge in [-0.3, -0.25) is 4.57 Å². The Balaban J connectivity index is 3.55. The highest BCUT2D eigenvalue weighted by atomic mass is 31.2. The predicted molar refractivity (Wildman–Crippen MR) is 142 cm³/mol. The SMILES string of the molecule is CCCCCCC/C=C\CCCCCCCCCCCCCC(O)(C[N+](C)(C)C)P(=O)(O)O. The molecule has 198 valence electrons. The van der Waals surface area contributed by atoms with Gasteiger partial charge in [-0.1, -0.05) is 103 Å². The van der Waals surface area contributed by atoms with Gasteiger partial charge in [0, 0.05) is 0 Å². The van der Waals surface area contributed by atoms with Gasteiger partial charge in [0.25, 0.3) is 0 Å². The van der Waals surface area contributed by atoms with Crippen LogP contribution >= 0.6 is 7.60 Å². The molecular formula is C27H57NO4P+. The van der Waals surface area contributed by atoms with Crippen LogP contribution in [-0.4, -0.2) is 52.4 Å². The Morgan fingerprint density at radius 2 is 1.03 bits per heavy atom. The van der Waals surface area contributed by atoms with Crippen LogP contribution in [0.2, 0.25) is 0 Å². The first kappa shape index (κ1) is 32.8. The molecule has 0 aliphatic heterocycles. The van der Waals surface area contributed by atoms with Crippen LogP contribution in [0.15, 0.2) is 12.2 Å². The number of nitrogens with zero attached hydrogens (tertiary/aromatic N) is 1. The first-order chi connectivity index (χ1) is 15.5. The molecule has 3 N–H and O–H groups in total. The van der Waals surface area contributed by atoms with E-state index in [9.17, 15) is 19.5 Å². The molecule has 0 radical (unpaired) electrons. The molecule has 0 aliphatic rings. The van der Waals surface area contributed by atoms with E-state index in [0.29, 0.717) is 10.9 Å². The molecule has 1 unspecified atom stereocenters. The highest BCUT2D eigenvalue weighted by Gasteiger charge is 2.48. The fraction of sp³-hybridized carbons (Fsp3) is 0.926. The smallest absolute Gasteiger partial charge is 0.362 e. The summed E-state index contributed by atoms with van der Waals surface area (Å²) in [5.41, 5.74) is 0. The Bertz CT molecular complexity index is 527. The van der Waals surface area contributed by atoms with Crippen molar-refractivity contribution in [3.63, 3.8) is 0 Å². The van der Waals surface area contributed by atoms with Crippen LogP contribution in [0.4, 0.5) is 0 Å². The maximum absolute atomic E-state index is 11.8. The van der Waals surface area contributed by atoms with Crippen molar-refractivity contribution in [3.05, 3.63) is 12.2 Å². The average molecular weight is 491 g/mol. The summed E-state index contributed by atoms with van der Waals surface area (Å²) in [5, 5.41) is 8.64. The van der Waals surface area contributed by atoms with Crippen molar-refractivity contribution in [3.8, 4) is 0 Å². The van der Waals surface area contributed by atoms with Crippen molar-refractivity contribution < 1.29 is 23.9 Å². The Kier molecular flexibility index (Phi) is 18.9. The lowest BCUT2D eigenvalue weighted by Crippen LogP contribution is -2.49. The van der Waals surface area contributed by atoms with E-state index in [1.807, 2.05) is 21.1 Å². The monoisotopic (exact) mass is 490 g/mol. The molecule has 0 bridgehead atoms. The lowest BCUT2D eigenvalue weighted by atomic mass is 10.0. The van der Waals surface area contributed by atoms with Gasteiger partial charge in [-0.15, -0.1) is 0 Å². The molecule has 0 aromatic heterocycles. The Hall–Kier alpha value is -0.190. The summed E-state index contributed by atoms with van der Waals surface area (Å²) in [4.78, 5) is 19.2. The lowest BCUT2D eigenvalue weighted by molar-refractivity contribution is -0.875. The maximum atomic E-state index is 11.8. The summed E-state index contributed by atoms with van der Waals surface area (Å²) in [6.07, 6.45) is 27.3. The molecule has 0 rings (SSSR count). The second kappa shape index (κ2) is 19.1. The van der Waals surface area contributed by atoms with E-state index in [1.165, 1.54) is 96.3 Å². The maximum Gasteiger partial charge on any atom is 0.362 e. The summed E-state index contributed by atoms with van der Waals surface area (Å²) < 4.78 is 12.1. The topological polar surface area (TPSA) is 77.8 Å². The molecular weight excluding hydrogens is 433 g/mol. The molecule has 0 amide bonds. The van der Waals surface area contributed by atoms with Gasteiger partial charge < -0.3 is 19.4 Å². The fourth-order valence-electron chi connectivity index (χ4n) is 4.44. The molecule has 0 saturated heterocycles. The second-order valence-corrected chi connectivity index (χ2v) is 13.0. The number of unbranched alkanes of at least 4 members (excludes halogenated alkanes) is 16. The fourth-order valence-corrected chi connectivity index (χ4v) is 5.50. The Labute approximate surface area is 205 Å². The third-order valence-electron chi connectivity index (χ3n) is 6.36. The molecule has 5 nitrogen and oxygen atoms in total. The van der Waals surface area contributed by atoms with Crippen LogP contribution in [0.5, 0.6) is 0 Å². The summed E-state index contributed by atoms with van der Waals surface area (Å²) in [6, 6.07) is 0. The molecule has 0 saturated carbocycles. The van der Waals surface area contributed by atoms with Gasteiger partial charge in [-0.25, -0.2) is 0 Å². The van der Waals surface area contributed by atoms with Crippen LogP contribution < -0.4 is 0 Å². The van der Waals surface area contributed by atoms with Crippen LogP contribution in [0.25, 0.3) is 0 Å². The lowest BCUT2D eigenvalue weighted by Gasteiger charge is -2.35. The minimum Gasteiger partial charge on any atom is -0.373 e. The van der Waals surface area contributed by atoms with Crippen LogP contribution in [0.1, 0.15) is 129 Å². The number of hydrogen-bond acceptors (Lipinski definition) is 2. The van der Waals surface area contributed by atoms with E-state index < -0.39 is 12.9 Å². The van der Waals surface area contributed by atoms with E-state index in [0.717, 1.165) is 12.8 Å². The number of rotatable bonds is 23. The molecule has 0 aliphatic carbocycles. The third-order valence-corrected chi connectivity index (χ3v) is 7.81. The molecule has 0 aromatic rings. The van der Waals surface area contributed by atoms with Gasteiger partial charge in [0.05, 0.1) is 21.1 Å². The van der Waals surface area contributed by atoms with Gasteiger partial charge in [0.2, 0.25) is 5.34 Å². The second-order valence-electron chi connectivity index (χ2n) is 11.1. The quantitative estimate of drug-likeness (QED) is 0.0598. The number of allylic oxidation sites excluding steroid dienone is 2. The summed E-state index contributed by atoms with van der Waals surface area (Å²) in [6.45, 7) is 2.33. The van der Waals surface area contributed by atoms with Crippen molar-refractivity contribution >= 4 is 7.60 Å². The van der Waals surface area contributed by atoms with Crippen molar-refractivity contribution in [2.45, 2.75) is 134 Å².